The molecular weight excluding hydrogens is 196 g/mol. The highest BCUT2D eigenvalue weighted by molar-refractivity contribution is 5.37. The van der Waals surface area contributed by atoms with E-state index in [0.717, 1.165) is 0 Å². The molecule has 2 nitrogen and oxygen atoms in total. The number of nitriles is 1. The zero-order valence-corrected chi connectivity index (χ0v) is 10.1. The van der Waals surface area contributed by atoms with Gasteiger partial charge in [0, 0.05) is 12.0 Å². The number of allylic oxidation sites excluding steroid dienone is 1. The predicted octanol–water partition coefficient (Wildman–Crippen LogP) is 2.74. The standard InChI is InChI=1S/C14H18N2/c1-11(9-15)8-14(2,3)13-6-4-12(10-16)5-7-13/h4-8H,9,15H2,1-3H3/b11-8+. The predicted molar refractivity (Wildman–Crippen MR) is 67.0 cm³/mol. The van der Waals surface area contributed by atoms with Crippen molar-refractivity contribution in [3.05, 3.63) is 47.0 Å². The number of hydrogen-bond acceptors (Lipinski definition) is 2. The van der Waals surface area contributed by atoms with Crippen molar-refractivity contribution in [1.82, 2.24) is 0 Å². The van der Waals surface area contributed by atoms with Crippen LogP contribution in [0.5, 0.6) is 0 Å². The lowest BCUT2D eigenvalue weighted by Crippen LogP contribution is -2.16. The summed E-state index contributed by atoms with van der Waals surface area (Å²) in [4.78, 5) is 0. The summed E-state index contributed by atoms with van der Waals surface area (Å²) in [6.45, 7) is 6.91. The molecule has 0 bridgehead atoms. The summed E-state index contributed by atoms with van der Waals surface area (Å²) in [6.07, 6.45) is 2.17. The Balaban J connectivity index is 3.03. The molecule has 0 aliphatic carbocycles. The van der Waals surface area contributed by atoms with E-state index in [1.807, 2.05) is 31.2 Å². The van der Waals surface area contributed by atoms with Gasteiger partial charge in [0.2, 0.25) is 0 Å². The Morgan fingerprint density at radius 1 is 1.38 bits per heavy atom. The summed E-state index contributed by atoms with van der Waals surface area (Å²) < 4.78 is 0. The summed E-state index contributed by atoms with van der Waals surface area (Å²) in [5.74, 6) is 0. The minimum Gasteiger partial charge on any atom is -0.327 e. The largest absolute Gasteiger partial charge is 0.327 e. The van der Waals surface area contributed by atoms with Crippen LogP contribution < -0.4 is 5.73 Å². The second-order valence-electron chi connectivity index (χ2n) is 4.61. The molecular formula is C14H18N2. The van der Waals surface area contributed by atoms with Crippen LogP contribution in [0.1, 0.15) is 31.9 Å². The molecule has 0 saturated heterocycles. The smallest absolute Gasteiger partial charge is 0.0991 e. The normalized spacial score (nSPS) is 12.3. The molecule has 0 amide bonds. The van der Waals surface area contributed by atoms with Gasteiger partial charge in [-0.3, -0.25) is 0 Å². The topological polar surface area (TPSA) is 49.8 Å². The molecule has 0 spiro atoms. The van der Waals surface area contributed by atoms with Gasteiger partial charge in [0.1, 0.15) is 0 Å². The van der Waals surface area contributed by atoms with Gasteiger partial charge >= 0.3 is 0 Å². The van der Waals surface area contributed by atoms with Crippen molar-refractivity contribution in [2.24, 2.45) is 5.73 Å². The Morgan fingerprint density at radius 2 is 1.94 bits per heavy atom. The third-order valence-electron chi connectivity index (χ3n) is 2.69. The highest BCUT2D eigenvalue weighted by Gasteiger charge is 2.17. The Morgan fingerprint density at radius 3 is 2.38 bits per heavy atom. The summed E-state index contributed by atoms with van der Waals surface area (Å²) in [7, 11) is 0. The fourth-order valence-corrected chi connectivity index (χ4v) is 1.73. The average Bonchev–Trinajstić information content (AvgIpc) is 2.28. The molecule has 0 aliphatic heterocycles. The molecule has 0 radical (unpaired) electrons. The van der Waals surface area contributed by atoms with Crippen molar-refractivity contribution >= 4 is 0 Å². The number of hydrogen-bond donors (Lipinski definition) is 1. The van der Waals surface area contributed by atoms with Crippen LogP contribution in [0.15, 0.2) is 35.9 Å². The van der Waals surface area contributed by atoms with Crippen LogP contribution in [0.3, 0.4) is 0 Å². The molecule has 0 heterocycles. The Labute approximate surface area is 97.4 Å². The van der Waals surface area contributed by atoms with E-state index in [-0.39, 0.29) is 5.41 Å². The van der Waals surface area contributed by atoms with Gasteiger partial charge < -0.3 is 5.73 Å². The third kappa shape index (κ3) is 2.95. The first kappa shape index (κ1) is 12.5. The summed E-state index contributed by atoms with van der Waals surface area (Å²) in [5, 5.41) is 8.74. The summed E-state index contributed by atoms with van der Waals surface area (Å²) in [6, 6.07) is 9.82. The fraction of sp³-hybridized carbons (Fsp3) is 0.357. The number of rotatable bonds is 3. The monoisotopic (exact) mass is 214 g/mol. The molecule has 1 aromatic carbocycles. The maximum Gasteiger partial charge on any atom is 0.0991 e. The second-order valence-corrected chi connectivity index (χ2v) is 4.61. The number of benzene rings is 1. The lowest BCUT2D eigenvalue weighted by Gasteiger charge is -2.22. The molecule has 0 unspecified atom stereocenters. The Bertz CT molecular complexity index is 419. The highest BCUT2D eigenvalue weighted by Crippen LogP contribution is 2.26. The molecule has 84 valence electrons. The zero-order chi connectivity index (χ0) is 12.2. The molecule has 0 aromatic heterocycles. The van der Waals surface area contributed by atoms with Crippen LogP contribution in [0.4, 0.5) is 0 Å². The lowest BCUT2D eigenvalue weighted by molar-refractivity contribution is 0.662. The fourth-order valence-electron chi connectivity index (χ4n) is 1.73. The van der Waals surface area contributed by atoms with Crippen molar-refractivity contribution < 1.29 is 0 Å². The van der Waals surface area contributed by atoms with Gasteiger partial charge in [-0.1, -0.05) is 37.6 Å². The van der Waals surface area contributed by atoms with Crippen LogP contribution in [-0.2, 0) is 5.41 Å². The lowest BCUT2D eigenvalue weighted by atomic mass is 9.83. The zero-order valence-electron chi connectivity index (χ0n) is 10.1. The van der Waals surface area contributed by atoms with Gasteiger partial charge in [-0.25, -0.2) is 0 Å². The maximum absolute atomic E-state index is 8.74. The van der Waals surface area contributed by atoms with E-state index in [2.05, 4.69) is 26.0 Å². The van der Waals surface area contributed by atoms with E-state index in [1.165, 1.54) is 11.1 Å². The average molecular weight is 214 g/mol. The van der Waals surface area contributed by atoms with Crippen LogP contribution in [0, 0.1) is 11.3 Å². The van der Waals surface area contributed by atoms with E-state index in [9.17, 15) is 0 Å². The molecule has 1 aromatic rings. The van der Waals surface area contributed by atoms with Gasteiger partial charge in [-0.15, -0.1) is 0 Å². The van der Waals surface area contributed by atoms with Crippen LogP contribution in [-0.4, -0.2) is 6.54 Å². The number of nitrogens with two attached hydrogens (primary N) is 1. The maximum atomic E-state index is 8.74. The van der Waals surface area contributed by atoms with E-state index < -0.39 is 0 Å². The van der Waals surface area contributed by atoms with Gasteiger partial charge in [-0.05, 0) is 24.6 Å². The van der Waals surface area contributed by atoms with E-state index >= 15 is 0 Å². The Kier molecular flexibility index (Phi) is 3.87. The van der Waals surface area contributed by atoms with Crippen molar-refractivity contribution in [3.63, 3.8) is 0 Å². The second kappa shape index (κ2) is 4.96. The van der Waals surface area contributed by atoms with Crippen molar-refractivity contribution in [3.8, 4) is 6.07 Å². The van der Waals surface area contributed by atoms with Gasteiger partial charge in [0.15, 0.2) is 0 Å². The molecule has 1 rings (SSSR count). The SMILES string of the molecule is C/C(=C\C(C)(C)c1ccc(C#N)cc1)CN. The minimum atomic E-state index is -0.0442. The molecule has 0 atom stereocenters. The quantitative estimate of drug-likeness (QED) is 0.786. The first-order chi connectivity index (χ1) is 7.49. The van der Waals surface area contributed by atoms with Gasteiger partial charge in [-0.2, -0.15) is 5.26 Å². The molecule has 0 aliphatic rings. The van der Waals surface area contributed by atoms with Crippen LogP contribution >= 0.6 is 0 Å². The first-order valence-electron chi connectivity index (χ1n) is 5.38. The van der Waals surface area contributed by atoms with Crippen LogP contribution in [0.2, 0.25) is 0 Å². The first-order valence-corrected chi connectivity index (χ1v) is 5.38. The minimum absolute atomic E-state index is 0.0442. The van der Waals surface area contributed by atoms with E-state index in [0.29, 0.717) is 12.1 Å². The van der Waals surface area contributed by atoms with Gasteiger partial charge in [0.25, 0.3) is 0 Å². The molecule has 0 fully saturated rings. The molecule has 2 N–H and O–H groups in total. The van der Waals surface area contributed by atoms with Gasteiger partial charge in [0.05, 0.1) is 11.6 Å². The molecule has 0 saturated carbocycles. The number of nitrogens with zero attached hydrogens (tertiary/aromatic N) is 1. The van der Waals surface area contributed by atoms with E-state index in [1.54, 1.807) is 0 Å². The third-order valence-corrected chi connectivity index (χ3v) is 2.69. The molecule has 16 heavy (non-hydrogen) atoms. The molecule has 2 heteroatoms. The highest BCUT2D eigenvalue weighted by atomic mass is 14.5. The summed E-state index contributed by atoms with van der Waals surface area (Å²) in [5.41, 5.74) is 8.61. The Hall–Kier alpha value is -1.59. The van der Waals surface area contributed by atoms with E-state index in [4.69, 9.17) is 11.0 Å². The summed E-state index contributed by atoms with van der Waals surface area (Å²) >= 11 is 0. The van der Waals surface area contributed by atoms with Crippen molar-refractivity contribution in [2.45, 2.75) is 26.2 Å². The van der Waals surface area contributed by atoms with Crippen molar-refractivity contribution in [2.75, 3.05) is 6.54 Å². The van der Waals surface area contributed by atoms with Crippen molar-refractivity contribution in [1.29, 1.82) is 5.26 Å². The van der Waals surface area contributed by atoms with Crippen LogP contribution in [0.25, 0.3) is 0 Å².